The Balaban J connectivity index is 1.85. The second-order valence-corrected chi connectivity index (χ2v) is 15.7. The molecule has 0 bridgehead atoms. The molecule has 0 saturated heterocycles. The zero-order chi connectivity index (χ0) is 35.0. The molecule has 1 heteroatoms. The van der Waals surface area contributed by atoms with Gasteiger partial charge in [0.25, 0.3) is 0 Å². The van der Waals surface area contributed by atoms with Gasteiger partial charge in [-0.1, -0.05) is 250 Å². The molecule has 0 aromatic carbocycles. The average Bonchev–Trinajstić information content (AvgIpc) is 3.57. The summed E-state index contributed by atoms with van der Waals surface area (Å²) in [5, 5.41) is 4.60. The van der Waals surface area contributed by atoms with Gasteiger partial charge in [0.1, 0.15) is 0 Å². The first kappa shape index (κ1) is 45.8. The molecule has 1 rings (SSSR count). The normalized spacial score (nSPS) is 13.2. The fraction of sp³-hybridized carbons (Fsp3) is 0.833. The molecule has 0 aliphatic carbocycles. The summed E-state index contributed by atoms with van der Waals surface area (Å²) in [4.78, 5) is 0. The maximum absolute atomic E-state index is 4.60. The lowest BCUT2D eigenvalue weighted by Crippen LogP contribution is -1.89. The van der Waals surface area contributed by atoms with Crippen molar-refractivity contribution in [1.29, 1.82) is 0 Å². The lowest BCUT2D eigenvalue weighted by molar-refractivity contribution is 0.525. The van der Waals surface area contributed by atoms with Gasteiger partial charge in [0, 0.05) is 11.8 Å². The van der Waals surface area contributed by atoms with Gasteiger partial charge in [0.2, 0.25) is 0 Å². The molecule has 0 unspecified atom stereocenters. The highest BCUT2D eigenvalue weighted by Crippen LogP contribution is 2.19. The second kappa shape index (κ2) is 39.5. The minimum atomic E-state index is 1.15. The molecule has 1 radical (unpaired) electrons. The molecule has 0 spiro atoms. The number of hydrogen-bond donors (Lipinski definition) is 0. The Morgan fingerprint density at radius 1 is 0.347 bits per heavy atom. The molecule has 0 aromatic heterocycles. The van der Waals surface area contributed by atoms with Crippen molar-refractivity contribution in [3.05, 3.63) is 47.9 Å². The van der Waals surface area contributed by atoms with Crippen LogP contribution in [0.2, 0.25) is 0 Å². The zero-order valence-corrected chi connectivity index (χ0v) is 33.8. The van der Waals surface area contributed by atoms with Crippen LogP contribution in [0.25, 0.3) is 0 Å². The third kappa shape index (κ3) is 33.7. The van der Waals surface area contributed by atoms with Crippen molar-refractivity contribution in [2.75, 3.05) is 0 Å². The van der Waals surface area contributed by atoms with Crippen LogP contribution in [-0.4, -0.2) is 0 Å². The van der Waals surface area contributed by atoms with E-state index < -0.39 is 0 Å². The van der Waals surface area contributed by atoms with Crippen molar-refractivity contribution in [1.82, 2.24) is 5.32 Å². The van der Waals surface area contributed by atoms with Crippen molar-refractivity contribution >= 4 is 0 Å². The van der Waals surface area contributed by atoms with Gasteiger partial charge in [-0.25, -0.2) is 0 Å². The number of allylic oxidation sites excluding steroid dienone is 6. The summed E-state index contributed by atoms with van der Waals surface area (Å²) in [5.41, 5.74) is 2.44. The van der Waals surface area contributed by atoms with Gasteiger partial charge >= 0.3 is 0 Å². The Bertz CT molecular complexity index is 770. The van der Waals surface area contributed by atoms with E-state index in [4.69, 9.17) is 0 Å². The molecule has 0 N–H and O–H groups in total. The Morgan fingerprint density at radius 2 is 0.612 bits per heavy atom. The van der Waals surface area contributed by atoms with Crippen LogP contribution >= 0.6 is 0 Å². The molecule has 1 heterocycles. The molecule has 0 atom stereocenters. The Hall–Kier alpha value is -1.24. The lowest BCUT2D eigenvalue weighted by Gasteiger charge is -2.03. The highest BCUT2D eigenvalue weighted by molar-refractivity contribution is 5.44. The molecule has 0 saturated carbocycles. The molecule has 0 fully saturated rings. The van der Waals surface area contributed by atoms with Crippen LogP contribution < -0.4 is 5.32 Å². The minimum absolute atomic E-state index is 1.15. The predicted octanol–water partition coefficient (Wildman–Crippen LogP) is 17.3. The smallest absolute Gasteiger partial charge is 0.0699 e. The molecule has 49 heavy (non-hydrogen) atoms. The molecular weight excluding hydrogens is 591 g/mol. The van der Waals surface area contributed by atoms with Crippen LogP contribution in [-0.2, 0) is 0 Å². The van der Waals surface area contributed by atoms with Crippen molar-refractivity contribution in [3.8, 4) is 0 Å². The van der Waals surface area contributed by atoms with Crippen molar-refractivity contribution < 1.29 is 0 Å². The number of rotatable bonds is 40. The quantitative estimate of drug-likeness (QED) is 0.0573. The summed E-state index contributed by atoms with van der Waals surface area (Å²) in [6.07, 6.45) is 67.7. The lowest BCUT2D eigenvalue weighted by atomic mass is 10.0. The molecule has 1 aliphatic rings. The highest BCUT2D eigenvalue weighted by atomic mass is 14.9. The maximum Gasteiger partial charge on any atom is 0.0699 e. The van der Waals surface area contributed by atoms with Crippen LogP contribution in [0.1, 0.15) is 258 Å². The first-order valence-electron chi connectivity index (χ1n) is 22.8. The first-order valence-corrected chi connectivity index (χ1v) is 22.8. The van der Waals surface area contributed by atoms with E-state index in [-0.39, 0.29) is 0 Å². The van der Waals surface area contributed by atoms with E-state index in [0.29, 0.717) is 0 Å². The number of hydrogen-bond acceptors (Lipinski definition) is 0. The van der Waals surface area contributed by atoms with Gasteiger partial charge in [0.05, 0.1) is 5.70 Å². The van der Waals surface area contributed by atoms with Gasteiger partial charge in [0.15, 0.2) is 0 Å². The molecule has 0 amide bonds. The summed E-state index contributed by atoms with van der Waals surface area (Å²) >= 11 is 0. The Labute approximate surface area is 310 Å². The van der Waals surface area contributed by atoms with E-state index in [1.165, 1.54) is 250 Å². The molecular formula is C48H88N. The van der Waals surface area contributed by atoms with Crippen LogP contribution in [0.15, 0.2) is 47.9 Å². The van der Waals surface area contributed by atoms with Crippen molar-refractivity contribution in [2.45, 2.75) is 258 Å². The minimum Gasteiger partial charge on any atom is -0.256 e. The topological polar surface area (TPSA) is 14.1 Å². The van der Waals surface area contributed by atoms with E-state index in [1.54, 1.807) is 0 Å². The fourth-order valence-corrected chi connectivity index (χ4v) is 7.37. The van der Waals surface area contributed by atoms with Gasteiger partial charge in [-0.05, 0) is 37.8 Å². The summed E-state index contributed by atoms with van der Waals surface area (Å²) in [7, 11) is 0. The van der Waals surface area contributed by atoms with E-state index in [0.717, 1.165) is 5.70 Å². The summed E-state index contributed by atoms with van der Waals surface area (Å²) in [5.74, 6) is 0. The van der Waals surface area contributed by atoms with Gasteiger partial charge in [-0.15, -0.1) is 0 Å². The first-order chi connectivity index (χ1) is 24.4. The highest BCUT2D eigenvalue weighted by Gasteiger charge is 2.04. The fourth-order valence-electron chi connectivity index (χ4n) is 7.37. The monoisotopic (exact) mass is 679 g/mol. The Kier molecular flexibility index (Phi) is 36.9. The molecule has 285 valence electrons. The molecule has 0 aromatic rings. The van der Waals surface area contributed by atoms with Gasteiger partial charge < -0.3 is 0 Å². The maximum atomic E-state index is 4.60. The second-order valence-electron chi connectivity index (χ2n) is 15.7. The zero-order valence-electron chi connectivity index (χ0n) is 33.8. The van der Waals surface area contributed by atoms with Gasteiger partial charge in [-0.3, -0.25) is 5.32 Å². The number of unbranched alkanes of at least 4 members (excludes halogenated alkanes) is 36. The SMILES string of the molecule is CCCCCCCCCCCCCCCCCCCCC=CC1=C(C=CCCCCCCCCCCCCCCCCCCCC)[N]C=C1. The van der Waals surface area contributed by atoms with Crippen molar-refractivity contribution in [3.63, 3.8) is 0 Å². The van der Waals surface area contributed by atoms with Gasteiger partial charge in [-0.2, -0.15) is 0 Å². The van der Waals surface area contributed by atoms with Crippen LogP contribution in [0, 0.1) is 0 Å². The van der Waals surface area contributed by atoms with E-state index in [2.05, 4.69) is 49.5 Å². The third-order valence-electron chi connectivity index (χ3n) is 10.8. The third-order valence-corrected chi connectivity index (χ3v) is 10.8. The molecule has 1 nitrogen and oxygen atoms in total. The standard InChI is InChI=1S/C48H88N/c1-3-5-7-9-11-13-15-17-19-21-23-25-27-29-31-33-35-37-39-41-43-47-45-46-49-48(47)44-42-40-38-36-34-32-30-28-26-24-22-20-18-16-14-12-10-8-6-4-2/h41-46H,3-40H2,1-2H3. The summed E-state index contributed by atoms with van der Waals surface area (Å²) in [6.45, 7) is 4.61. The Morgan fingerprint density at radius 3 is 0.918 bits per heavy atom. The predicted molar refractivity (Wildman–Crippen MR) is 223 cm³/mol. The number of nitrogens with zero attached hydrogens (tertiary/aromatic N) is 1. The van der Waals surface area contributed by atoms with E-state index >= 15 is 0 Å². The van der Waals surface area contributed by atoms with Crippen LogP contribution in [0.3, 0.4) is 0 Å². The molecule has 1 aliphatic heterocycles. The summed E-state index contributed by atoms with van der Waals surface area (Å²) < 4.78 is 0. The average molecular weight is 679 g/mol. The van der Waals surface area contributed by atoms with E-state index in [9.17, 15) is 0 Å². The van der Waals surface area contributed by atoms with Crippen LogP contribution in [0.4, 0.5) is 0 Å². The summed E-state index contributed by atoms with van der Waals surface area (Å²) in [6, 6.07) is 0. The van der Waals surface area contributed by atoms with E-state index in [1.807, 2.05) is 6.20 Å². The van der Waals surface area contributed by atoms with Crippen LogP contribution in [0.5, 0.6) is 0 Å². The van der Waals surface area contributed by atoms with Crippen molar-refractivity contribution in [2.24, 2.45) is 0 Å². The largest absolute Gasteiger partial charge is 0.256 e.